The van der Waals surface area contributed by atoms with Gasteiger partial charge in [-0.3, -0.25) is 4.57 Å². The molecule has 0 unspecified atom stereocenters. The first-order chi connectivity index (χ1) is 7.25. The highest BCUT2D eigenvalue weighted by Gasteiger charge is 2.11. The van der Waals surface area contributed by atoms with E-state index in [1.54, 1.807) is 0 Å². The third-order valence-electron chi connectivity index (χ3n) is 1.21. The Bertz CT molecular complexity index is 280. The van der Waals surface area contributed by atoms with Crippen LogP contribution in [0.4, 0.5) is 0 Å². The van der Waals surface area contributed by atoms with Gasteiger partial charge in [-0.1, -0.05) is 13.2 Å². The molecule has 16 heavy (non-hydrogen) atoms. The number of hydrogen-bond donors (Lipinski definition) is 3. The summed E-state index contributed by atoms with van der Waals surface area (Å²) >= 11 is 0. The van der Waals surface area contributed by atoms with Gasteiger partial charge in [0.25, 0.3) is 0 Å². The van der Waals surface area contributed by atoms with Gasteiger partial charge < -0.3 is 19.6 Å². The highest BCUT2D eigenvalue weighted by atomic mass is 31.2. The second-order valence-corrected chi connectivity index (χ2v) is 4.58. The van der Waals surface area contributed by atoms with Crippen molar-refractivity contribution in [2.24, 2.45) is 0 Å². The van der Waals surface area contributed by atoms with Crippen molar-refractivity contribution in [3.63, 3.8) is 0 Å². The summed E-state index contributed by atoms with van der Waals surface area (Å²) in [6.45, 7) is 7.87. The molecule has 0 rings (SSSR count). The lowest BCUT2D eigenvalue weighted by molar-refractivity contribution is -0.137. The Labute approximate surface area is 94.4 Å². The zero-order chi connectivity index (χ0) is 13.2. The van der Waals surface area contributed by atoms with Crippen molar-refractivity contribution in [2.75, 3.05) is 13.2 Å². The van der Waals surface area contributed by atoms with Gasteiger partial charge in [-0.25, -0.2) is 4.79 Å². The summed E-state index contributed by atoms with van der Waals surface area (Å²) in [5.41, 5.74) is 0. The molecule has 0 aromatic heterocycles. The van der Waals surface area contributed by atoms with Crippen molar-refractivity contribution in [2.45, 2.75) is 13.3 Å². The molecular weight excluding hydrogens is 235 g/mol. The van der Waals surface area contributed by atoms with E-state index < -0.39 is 13.6 Å². The largest absolute Gasteiger partial charge is 0.462 e. The summed E-state index contributed by atoms with van der Waals surface area (Å²) in [5.74, 6) is -0.441. The molecular formula is C9H17O6P. The van der Waals surface area contributed by atoms with Gasteiger partial charge in [-0.15, -0.1) is 0 Å². The molecule has 0 amide bonds. The van der Waals surface area contributed by atoms with Crippen LogP contribution in [0.5, 0.6) is 0 Å². The summed E-state index contributed by atoms with van der Waals surface area (Å²) in [5, 5.41) is 8.14. The summed E-state index contributed by atoms with van der Waals surface area (Å²) in [7, 11) is -3.93. The molecule has 0 aliphatic heterocycles. The molecule has 0 heterocycles. The Morgan fingerprint density at radius 2 is 1.94 bits per heavy atom. The average molecular weight is 252 g/mol. The fourth-order valence-corrected chi connectivity index (χ4v) is 0.296. The molecule has 0 atom stereocenters. The Morgan fingerprint density at radius 1 is 1.50 bits per heavy atom. The smallest absolute Gasteiger partial charge is 0.351 e. The zero-order valence-corrected chi connectivity index (χ0v) is 10.0. The maximum atomic E-state index is 10.3. The van der Waals surface area contributed by atoms with Crippen LogP contribution in [0, 0.1) is 0 Å². The van der Waals surface area contributed by atoms with Crippen molar-refractivity contribution >= 4 is 13.6 Å². The molecule has 0 aromatic rings. The topological polar surface area (TPSA) is 104 Å². The molecule has 0 aromatic carbocycles. The van der Waals surface area contributed by atoms with E-state index in [-0.39, 0.29) is 18.5 Å². The SMILES string of the molecule is C=C(C)P(=O)(O)O.C=CC(=O)OCCCO. The fraction of sp³-hybridized carbons (Fsp3) is 0.444. The van der Waals surface area contributed by atoms with Gasteiger partial charge >= 0.3 is 13.6 Å². The fourth-order valence-electron chi connectivity index (χ4n) is 0.296. The van der Waals surface area contributed by atoms with E-state index in [4.69, 9.17) is 14.9 Å². The van der Waals surface area contributed by atoms with Gasteiger partial charge in [0, 0.05) is 24.4 Å². The number of esters is 1. The number of ether oxygens (including phenoxy) is 1. The van der Waals surface area contributed by atoms with Crippen LogP contribution in [0.3, 0.4) is 0 Å². The lowest BCUT2D eigenvalue weighted by Crippen LogP contribution is -2.02. The van der Waals surface area contributed by atoms with Crippen LogP contribution in [0.2, 0.25) is 0 Å². The maximum Gasteiger partial charge on any atom is 0.351 e. The van der Waals surface area contributed by atoms with Crippen LogP contribution in [-0.2, 0) is 14.1 Å². The van der Waals surface area contributed by atoms with E-state index >= 15 is 0 Å². The molecule has 0 saturated heterocycles. The quantitative estimate of drug-likeness (QED) is 0.289. The average Bonchev–Trinajstić information content (AvgIpc) is 2.17. The number of carbonyl (C=O) groups excluding carboxylic acids is 1. The van der Waals surface area contributed by atoms with Gasteiger partial charge in [0.1, 0.15) is 0 Å². The van der Waals surface area contributed by atoms with E-state index in [0.717, 1.165) is 6.08 Å². The number of rotatable bonds is 5. The lowest BCUT2D eigenvalue weighted by atomic mass is 10.5. The Morgan fingerprint density at radius 3 is 2.19 bits per heavy atom. The van der Waals surface area contributed by atoms with Crippen LogP contribution < -0.4 is 0 Å². The second kappa shape index (κ2) is 9.30. The summed E-state index contributed by atoms with van der Waals surface area (Å²) in [4.78, 5) is 26.5. The normalized spacial score (nSPS) is 9.75. The first-order valence-corrected chi connectivity index (χ1v) is 5.98. The highest BCUT2D eigenvalue weighted by Crippen LogP contribution is 2.42. The number of carbonyl (C=O) groups is 1. The van der Waals surface area contributed by atoms with E-state index in [9.17, 15) is 9.36 Å². The Kier molecular flexibility index (Phi) is 10.1. The molecule has 0 bridgehead atoms. The van der Waals surface area contributed by atoms with Gasteiger partial charge in [-0.05, 0) is 6.92 Å². The minimum atomic E-state index is -3.93. The van der Waals surface area contributed by atoms with E-state index in [2.05, 4.69) is 17.9 Å². The molecule has 0 spiro atoms. The molecule has 0 radical (unpaired) electrons. The van der Waals surface area contributed by atoms with Crippen molar-refractivity contribution in [1.82, 2.24) is 0 Å². The van der Waals surface area contributed by atoms with E-state index in [1.165, 1.54) is 6.92 Å². The van der Waals surface area contributed by atoms with Gasteiger partial charge in [0.2, 0.25) is 0 Å². The molecule has 0 aliphatic rings. The van der Waals surface area contributed by atoms with Crippen molar-refractivity contribution in [3.05, 3.63) is 24.5 Å². The van der Waals surface area contributed by atoms with Crippen LogP contribution in [-0.4, -0.2) is 34.1 Å². The molecule has 0 fully saturated rings. The first-order valence-electron chi connectivity index (χ1n) is 4.37. The highest BCUT2D eigenvalue weighted by molar-refractivity contribution is 7.56. The third kappa shape index (κ3) is 13.1. The number of aliphatic hydroxyl groups excluding tert-OH is 1. The molecule has 6 nitrogen and oxygen atoms in total. The first kappa shape index (κ1) is 17.5. The molecule has 94 valence electrons. The molecule has 0 aliphatic carbocycles. The minimum absolute atomic E-state index is 0.0461. The number of aliphatic hydroxyl groups is 1. The van der Waals surface area contributed by atoms with Gasteiger partial charge in [0.05, 0.1) is 6.61 Å². The summed E-state index contributed by atoms with van der Waals surface area (Å²) in [6.07, 6.45) is 1.58. The zero-order valence-electron chi connectivity index (χ0n) is 9.13. The third-order valence-corrected chi connectivity index (χ3v) is 2.21. The van der Waals surface area contributed by atoms with Crippen molar-refractivity contribution < 1.29 is 29.0 Å². The van der Waals surface area contributed by atoms with Crippen LogP contribution >= 0.6 is 7.60 Å². The van der Waals surface area contributed by atoms with Crippen LogP contribution in [0.25, 0.3) is 0 Å². The van der Waals surface area contributed by atoms with E-state index in [1.807, 2.05) is 0 Å². The molecule has 7 heteroatoms. The summed E-state index contributed by atoms with van der Waals surface area (Å²) in [6, 6.07) is 0. The summed E-state index contributed by atoms with van der Waals surface area (Å²) < 4.78 is 14.4. The van der Waals surface area contributed by atoms with Crippen molar-refractivity contribution in [3.8, 4) is 0 Å². The maximum absolute atomic E-state index is 10.3. The Balaban J connectivity index is 0. The van der Waals surface area contributed by atoms with E-state index in [0.29, 0.717) is 6.42 Å². The predicted octanol–water partition coefficient (Wildman–Crippen LogP) is 0.796. The standard InChI is InChI=1S/C6H10O3.C3H7O3P/c1-2-6(8)9-5-3-4-7;1-3(2)7(4,5)6/h2,7H,1,3-5H2;1H2,2H3,(H2,4,5,6). The molecule has 0 saturated carbocycles. The van der Waals surface area contributed by atoms with Gasteiger partial charge in [-0.2, -0.15) is 0 Å². The molecule has 3 N–H and O–H groups in total. The monoisotopic (exact) mass is 252 g/mol. The Hall–Kier alpha value is -0.940. The van der Waals surface area contributed by atoms with Crippen LogP contribution in [0.1, 0.15) is 13.3 Å². The minimum Gasteiger partial charge on any atom is -0.462 e. The van der Waals surface area contributed by atoms with Crippen LogP contribution in [0.15, 0.2) is 24.5 Å². The van der Waals surface area contributed by atoms with Gasteiger partial charge in [0.15, 0.2) is 0 Å². The second-order valence-electron chi connectivity index (χ2n) is 2.73. The van der Waals surface area contributed by atoms with Crippen molar-refractivity contribution in [1.29, 1.82) is 0 Å². The number of allylic oxidation sites excluding steroid dienone is 1. The number of hydrogen-bond acceptors (Lipinski definition) is 4. The lowest BCUT2D eigenvalue weighted by Gasteiger charge is -1.97. The predicted molar refractivity (Wildman–Crippen MR) is 59.7 cm³/mol.